The number of amides is 2. The predicted molar refractivity (Wildman–Crippen MR) is 159 cm³/mol. The molecule has 3 aromatic rings. The summed E-state index contributed by atoms with van der Waals surface area (Å²) in [5.74, 6) is -5.81. The van der Waals surface area contributed by atoms with E-state index in [2.05, 4.69) is 20.5 Å². The number of aryl methyl sites for hydroxylation is 2. The Kier molecular flexibility index (Phi) is 10.1. The minimum atomic E-state index is -1.47. The average Bonchev–Trinajstić information content (AvgIpc) is 2.92. The molecule has 44 heavy (non-hydrogen) atoms. The first-order valence-corrected chi connectivity index (χ1v) is 14.5. The van der Waals surface area contributed by atoms with E-state index in [1.807, 2.05) is 27.0 Å². The number of rotatable bonds is 10. The van der Waals surface area contributed by atoms with Gasteiger partial charge in [0.15, 0.2) is 11.6 Å². The molecule has 4 rings (SSSR count). The minimum Gasteiger partial charge on any atom is -0.481 e. The van der Waals surface area contributed by atoms with Gasteiger partial charge >= 0.3 is 5.97 Å². The van der Waals surface area contributed by atoms with Gasteiger partial charge in [0.05, 0.1) is 18.2 Å². The Balaban J connectivity index is 1.64. The van der Waals surface area contributed by atoms with E-state index in [0.717, 1.165) is 30.3 Å². The number of likely N-dealkylation sites (N-methyl/N-ethyl adjacent to an activating group) is 1. The number of aromatic nitrogens is 1. The summed E-state index contributed by atoms with van der Waals surface area (Å²) in [6, 6.07) is 5.60. The highest BCUT2D eigenvalue weighted by Crippen LogP contribution is 2.33. The number of nitrogens with one attached hydrogen (secondary N) is 2. The molecule has 1 aliphatic heterocycles. The maximum absolute atomic E-state index is 15.3. The van der Waals surface area contributed by atoms with E-state index in [0.29, 0.717) is 23.2 Å². The number of benzene rings is 2. The van der Waals surface area contributed by atoms with Crippen molar-refractivity contribution in [3.05, 3.63) is 87.5 Å². The molecule has 2 aromatic carbocycles. The van der Waals surface area contributed by atoms with E-state index in [-0.39, 0.29) is 29.2 Å². The topological polar surface area (TPSA) is 112 Å². The third kappa shape index (κ3) is 7.63. The summed E-state index contributed by atoms with van der Waals surface area (Å²) >= 11 is 0. The normalized spacial score (nSPS) is 14.6. The molecule has 11 heteroatoms. The number of carbonyl (C=O) groups excluding carboxylic acids is 2. The maximum Gasteiger partial charge on any atom is 0.305 e. The Hall–Kier alpha value is -4.25. The number of aliphatic carboxylic acids is 1. The maximum atomic E-state index is 15.3. The summed E-state index contributed by atoms with van der Waals surface area (Å²) in [4.78, 5) is 45.2. The van der Waals surface area contributed by atoms with Crippen LogP contribution in [0.4, 0.5) is 13.2 Å². The van der Waals surface area contributed by atoms with Gasteiger partial charge in [-0.05, 0) is 97.8 Å². The molecule has 2 heterocycles. The molecule has 0 saturated heterocycles. The van der Waals surface area contributed by atoms with Crippen LogP contribution < -0.4 is 10.6 Å². The highest BCUT2D eigenvalue weighted by molar-refractivity contribution is 5.96. The second-order valence-electron chi connectivity index (χ2n) is 11.9. The van der Waals surface area contributed by atoms with Crippen molar-refractivity contribution < 1.29 is 32.7 Å². The zero-order valence-electron chi connectivity index (χ0n) is 25.4. The van der Waals surface area contributed by atoms with E-state index >= 15 is 4.39 Å². The molecule has 0 unspecified atom stereocenters. The van der Waals surface area contributed by atoms with Gasteiger partial charge in [0.1, 0.15) is 17.6 Å². The van der Waals surface area contributed by atoms with Gasteiger partial charge in [-0.25, -0.2) is 18.2 Å². The lowest BCUT2D eigenvalue weighted by molar-refractivity contribution is -0.137. The molecule has 0 aliphatic carbocycles. The Morgan fingerprint density at radius 3 is 2.34 bits per heavy atom. The summed E-state index contributed by atoms with van der Waals surface area (Å²) < 4.78 is 44.2. The van der Waals surface area contributed by atoms with Crippen LogP contribution in [-0.2, 0) is 22.6 Å². The number of hydrogen-bond acceptors (Lipinski definition) is 5. The number of pyridine rings is 1. The molecule has 0 spiro atoms. The second kappa shape index (κ2) is 13.6. The molecule has 0 saturated carbocycles. The van der Waals surface area contributed by atoms with Crippen molar-refractivity contribution in [3.8, 4) is 11.1 Å². The first-order valence-electron chi connectivity index (χ1n) is 14.5. The van der Waals surface area contributed by atoms with Gasteiger partial charge < -0.3 is 20.6 Å². The summed E-state index contributed by atoms with van der Waals surface area (Å²) in [6.07, 6.45) is 0.244. The second-order valence-corrected chi connectivity index (χ2v) is 11.9. The molecule has 1 aliphatic rings. The summed E-state index contributed by atoms with van der Waals surface area (Å²) in [5.41, 5.74) is 3.19. The first kappa shape index (κ1) is 32.7. The van der Waals surface area contributed by atoms with Crippen LogP contribution in [0, 0.1) is 37.2 Å². The number of halogens is 3. The number of fused-ring (bicyclic) bond motifs is 1. The van der Waals surface area contributed by atoms with Gasteiger partial charge in [-0.15, -0.1) is 0 Å². The third-order valence-electron chi connectivity index (χ3n) is 7.73. The quantitative estimate of drug-likeness (QED) is 0.289. The van der Waals surface area contributed by atoms with E-state index in [9.17, 15) is 28.3 Å². The molecular formula is C33H37F3N4O4. The molecule has 234 valence electrons. The van der Waals surface area contributed by atoms with Gasteiger partial charge in [-0.3, -0.25) is 14.4 Å². The first-order chi connectivity index (χ1) is 20.7. The van der Waals surface area contributed by atoms with Gasteiger partial charge in [0, 0.05) is 18.7 Å². The van der Waals surface area contributed by atoms with Crippen molar-refractivity contribution in [2.24, 2.45) is 5.92 Å². The molecule has 1 aromatic heterocycles. The van der Waals surface area contributed by atoms with Crippen LogP contribution in [0.5, 0.6) is 0 Å². The van der Waals surface area contributed by atoms with E-state index in [1.165, 1.54) is 18.2 Å². The van der Waals surface area contributed by atoms with Crippen molar-refractivity contribution in [1.82, 2.24) is 20.5 Å². The monoisotopic (exact) mass is 610 g/mol. The van der Waals surface area contributed by atoms with Crippen molar-refractivity contribution >= 4 is 17.8 Å². The van der Waals surface area contributed by atoms with Crippen molar-refractivity contribution in [3.63, 3.8) is 0 Å². The zero-order valence-corrected chi connectivity index (χ0v) is 25.4. The fraction of sp³-hybridized carbons (Fsp3) is 0.394. The Morgan fingerprint density at radius 1 is 1.02 bits per heavy atom. The largest absolute Gasteiger partial charge is 0.481 e. The highest BCUT2D eigenvalue weighted by atomic mass is 19.2. The summed E-state index contributed by atoms with van der Waals surface area (Å²) in [7, 11) is 1.96. The number of nitrogens with zero attached hydrogens (tertiary/aromatic N) is 2. The summed E-state index contributed by atoms with van der Waals surface area (Å²) in [5, 5.41) is 14.9. The van der Waals surface area contributed by atoms with Gasteiger partial charge in [0.2, 0.25) is 5.91 Å². The Labute approximate surface area is 254 Å². The highest BCUT2D eigenvalue weighted by Gasteiger charge is 2.30. The van der Waals surface area contributed by atoms with Crippen LogP contribution in [0.3, 0.4) is 0 Å². The number of carbonyl (C=O) groups is 3. The molecule has 0 radical (unpaired) electrons. The number of carboxylic acid groups (broad SMARTS) is 1. The number of carboxylic acids is 1. The lowest BCUT2D eigenvalue weighted by atomic mass is 9.91. The third-order valence-corrected chi connectivity index (χ3v) is 7.73. The fourth-order valence-corrected chi connectivity index (χ4v) is 5.66. The van der Waals surface area contributed by atoms with Crippen LogP contribution in [-0.4, -0.2) is 52.4 Å². The fourth-order valence-electron chi connectivity index (χ4n) is 5.66. The van der Waals surface area contributed by atoms with Gasteiger partial charge in [-0.1, -0.05) is 19.9 Å². The van der Waals surface area contributed by atoms with Gasteiger partial charge in [-0.2, -0.15) is 0 Å². The minimum absolute atomic E-state index is 0.0592. The van der Waals surface area contributed by atoms with E-state index < -0.39 is 53.7 Å². The standard InChI is InChI=1S/C33H37F3N4O4/c1-17(2)10-27(39-32(43)25-7-6-20-8-9-40(5)16-28(20)37-25)33(44)38-26(15-29(41)42)23-13-21(14-24(35)31(23)36)30-18(3)11-22(34)12-19(30)4/h6-7,11-14,17,26-27H,8-10,15-16H2,1-5H3,(H,38,44)(H,39,43)(H,41,42)/t26-,27-/m0/s1. The Bertz CT molecular complexity index is 1570. The zero-order chi connectivity index (χ0) is 32.3. The molecule has 3 N–H and O–H groups in total. The predicted octanol–water partition coefficient (Wildman–Crippen LogP) is 5.25. The van der Waals surface area contributed by atoms with Crippen LogP contribution >= 0.6 is 0 Å². The average molecular weight is 611 g/mol. The molecule has 0 fully saturated rings. The van der Waals surface area contributed by atoms with Crippen LogP contribution in [0.25, 0.3) is 11.1 Å². The Morgan fingerprint density at radius 2 is 1.70 bits per heavy atom. The molecule has 8 nitrogen and oxygen atoms in total. The SMILES string of the molecule is Cc1cc(F)cc(C)c1-c1cc(F)c(F)c([C@H](CC(=O)O)NC(=O)[C@H](CC(C)C)NC(=O)c2ccc3c(n2)CN(C)CC3)c1. The molecule has 2 amide bonds. The number of hydrogen-bond donors (Lipinski definition) is 3. The summed E-state index contributed by atoms with van der Waals surface area (Å²) in [6.45, 7) is 8.40. The lowest BCUT2D eigenvalue weighted by Crippen LogP contribution is -2.49. The molecule has 2 atom stereocenters. The molecular weight excluding hydrogens is 573 g/mol. The van der Waals surface area contributed by atoms with Crippen LogP contribution in [0.15, 0.2) is 36.4 Å². The molecule has 0 bridgehead atoms. The van der Waals surface area contributed by atoms with Crippen molar-refractivity contribution in [2.45, 2.75) is 65.6 Å². The van der Waals surface area contributed by atoms with Crippen LogP contribution in [0.2, 0.25) is 0 Å². The van der Waals surface area contributed by atoms with E-state index in [1.54, 1.807) is 19.9 Å². The van der Waals surface area contributed by atoms with Crippen molar-refractivity contribution in [2.75, 3.05) is 13.6 Å². The lowest BCUT2D eigenvalue weighted by Gasteiger charge is -2.26. The smallest absolute Gasteiger partial charge is 0.305 e. The van der Waals surface area contributed by atoms with Gasteiger partial charge in [0.25, 0.3) is 5.91 Å². The van der Waals surface area contributed by atoms with E-state index in [4.69, 9.17) is 0 Å². The van der Waals surface area contributed by atoms with Crippen LogP contribution in [0.1, 0.15) is 71.2 Å². The van der Waals surface area contributed by atoms with Crippen molar-refractivity contribution in [1.29, 1.82) is 0 Å².